The Kier molecular flexibility index (Phi) is 4.74. The van der Waals surface area contributed by atoms with Crippen LogP contribution in [0.3, 0.4) is 0 Å². The molecule has 5 heteroatoms. The van der Waals surface area contributed by atoms with Crippen LogP contribution in [0.5, 0.6) is 0 Å². The fourth-order valence-electron chi connectivity index (χ4n) is 2.20. The molecule has 0 unspecified atom stereocenters. The summed E-state index contributed by atoms with van der Waals surface area (Å²) in [6.07, 6.45) is 2.10. The molecule has 20 heavy (non-hydrogen) atoms. The Bertz CT molecular complexity index is 471. The van der Waals surface area contributed by atoms with E-state index in [1.54, 1.807) is 0 Å². The van der Waals surface area contributed by atoms with Gasteiger partial charge in [0, 0.05) is 7.11 Å². The second-order valence-electron chi connectivity index (χ2n) is 5.17. The molecule has 5 nitrogen and oxygen atoms in total. The van der Waals surface area contributed by atoms with Gasteiger partial charge in [-0.05, 0) is 17.9 Å². The normalized spacial score (nSPS) is 17.2. The number of carbonyl (C=O) groups excluding carboxylic acids is 2. The second kappa shape index (κ2) is 6.52. The summed E-state index contributed by atoms with van der Waals surface area (Å²) in [4.78, 5) is 23.7. The Morgan fingerprint density at radius 3 is 2.50 bits per heavy atom. The minimum Gasteiger partial charge on any atom is -0.368 e. The van der Waals surface area contributed by atoms with Crippen molar-refractivity contribution in [2.45, 2.75) is 31.4 Å². The number of benzene rings is 1. The van der Waals surface area contributed by atoms with E-state index in [9.17, 15) is 9.59 Å². The summed E-state index contributed by atoms with van der Waals surface area (Å²) >= 11 is 0. The molecule has 2 rings (SSSR count). The van der Waals surface area contributed by atoms with Crippen LogP contribution in [-0.2, 0) is 14.3 Å². The highest BCUT2D eigenvalue weighted by Gasteiger charge is 2.31. The van der Waals surface area contributed by atoms with Crippen molar-refractivity contribution in [2.75, 3.05) is 7.11 Å². The third-order valence-electron chi connectivity index (χ3n) is 3.50. The summed E-state index contributed by atoms with van der Waals surface area (Å²) in [6, 6.07) is 8.56. The van der Waals surface area contributed by atoms with Crippen molar-refractivity contribution in [3.8, 4) is 0 Å². The minimum atomic E-state index is -0.725. The van der Waals surface area contributed by atoms with Gasteiger partial charge in [0.25, 0.3) is 5.91 Å². The number of methoxy groups -OCH3 is 1. The van der Waals surface area contributed by atoms with Crippen LogP contribution in [0.25, 0.3) is 0 Å². The van der Waals surface area contributed by atoms with Gasteiger partial charge in [0.1, 0.15) is 6.04 Å². The van der Waals surface area contributed by atoms with E-state index in [2.05, 4.69) is 5.32 Å². The molecule has 0 aliphatic heterocycles. The first kappa shape index (κ1) is 14.5. The number of amides is 2. The third kappa shape index (κ3) is 3.81. The predicted octanol–water partition coefficient (Wildman–Crippen LogP) is 1.14. The number of ether oxygens (including phenoxy) is 1. The number of carbonyl (C=O) groups is 2. The van der Waals surface area contributed by atoms with Gasteiger partial charge < -0.3 is 15.8 Å². The molecule has 1 aliphatic carbocycles. The van der Waals surface area contributed by atoms with E-state index in [0.29, 0.717) is 12.3 Å². The van der Waals surface area contributed by atoms with Gasteiger partial charge in [0.05, 0.1) is 0 Å². The van der Waals surface area contributed by atoms with E-state index in [4.69, 9.17) is 10.5 Å². The van der Waals surface area contributed by atoms with Crippen LogP contribution < -0.4 is 11.1 Å². The minimum absolute atomic E-state index is 0.330. The summed E-state index contributed by atoms with van der Waals surface area (Å²) in [5.41, 5.74) is 6.10. The molecule has 0 radical (unpaired) electrons. The number of nitrogens with two attached hydrogens (primary N) is 1. The molecule has 0 spiro atoms. The zero-order valence-electron chi connectivity index (χ0n) is 11.5. The first-order chi connectivity index (χ1) is 9.61. The molecule has 1 aromatic carbocycles. The molecule has 1 aromatic rings. The Morgan fingerprint density at radius 2 is 2.00 bits per heavy atom. The van der Waals surface area contributed by atoms with Crippen LogP contribution in [-0.4, -0.2) is 25.0 Å². The lowest BCUT2D eigenvalue weighted by molar-refractivity contribution is -0.135. The van der Waals surface area contributed by atoms with Gasteiger partial charge in [-0.15, -0.1) is 0 Å². The molecule has 0 bridgehead atoms. The van der Waals surface area contributed by atoms with Gasteiger partial charge in [0.15, 0.2) is 6.10 Å². The van der Waals surface area contributed by atoms with Crippen molar-refractivity contribution in [3.63, 3.8) is 0 Å². The van der Waals surface area contributed by atoms with Crippen LogP contribution in [0.1, 0.15) is 30.9 Å². The fourth-order valence-corrected chi connectivity index (χ4v) is 2.20. The van der Waals surface area contributed by atoms with E-state index < -0.39 is 18.1 Å². The number of nitrogens with one attached hydrogen (secondary N) is 1. The molecule has 2 amide bonds. The quantitative estimate of drug-likeness (QED) is 0.783. The zero-order chi connectivity index (χ0) is 14.5. The van der Waals surface area contributed by atoms with E-state index in [-0.39, 0.29) is 5.91 Å². The highest BCUT2D eigenvalue weighted by molar-refractivity contribution is 5.89. The first-order valence-corrected chi connectivity index (χ1v) is 6.79. The smallest absolute Gasteiger partial charge is 0.254 e. The van der Waals surface area contributed by atoms with Crippen LogP contribution >= 0.6 is 0 Å². The average molecular weight is 276 g/mol. The molecule has 1 fully saturated rings. The SMILES string of the molecule is CO[C@H](C(=O)N[C@H](CC1CC1)C(N)=O)c1ccccc1. The van der Waals surface area contributed by atoms with Crippen LogP contribution in [0.4, 0.5) is 0 Å². The molecule has 108 valence electrons. The standard InChI is InChI=1S/C15H20N2O3/c1-20-13(11-5-3-2-4-6-11)15(19)17-12(14(16)18)9-10-7-8-10/h2-6,10,12-13H,7-9H2,1H3,(H2,16,18)(H,17,19)/t12-,13+/m1/s1. The Labute approximate surface area is 118 Å². The lowest BCUT2D eigenvalue weighted by Gasteiger charge is -2.20. The maximum Gasteiger partial charge on any atom is 0.254 e. The lowest BCUT2D eigenvalue weighted by Crippen LogP contribution is -2.46. The molecule has 1 aliphatic rings. The Morgan fingerprint density at radius 1 is 1.35 bits per heavy atom. The molecule has 2 atom stereocenters. The highest BCUT2D eigenvalue weighted by Crippen LogP contribution is 2.33. The molecular weight excluding hydrogens is 256 g/mol. The van der Waals surface area contributed by atoms with Crippen molar-refractivity contribution in [3.05, 3.63) is 35.9 Å². The van der Waals surface area contributed by atoms with E-state index in [1.807, 2.05) is 30.3 Å². The molecule has 0 saturated heterocycles. The number of hydrogen-bond donors (Lipinski definition) is 2. The van der Waals surface area contributed by atoms with Gasteiger partial charge >= 0.3 is 0 Å². The van der Waals surface area contributed by atoms with Gasteiger partial charge in [-0.25, -0.2) is 0 Å². The van der Waals surface area contributed by atoms with E-state index in [1.165, 1.54) is 7.11 Å². The maximum absolute atomic E-state index is 12.2. The number of rotatable bonds is 7. The predicted molar refractivity (Wildman–Crippen MR) is 74.7 cm³/mol. The summed E-state index contributed by atoms with van der Waals surface area (Å²) in [7, 11) is 1.47. The summed E-state index contributed by atoms with van der Waals surface area (Å²) in [6.45, 7) is 0. The van der Waals surface area contributed by atoms with E-state index >= 15 is 0 Å². The fraction of sp³-hybridized carbons (Fsp3) is 0.467. The summed E-state index contributed by atoms with van der Waals surface area (Å²) < 4.78 is 5.24. The largest absolute Gasteiger partial charge is 0.368 e. The van der Waals surface area contributed by atoms with Crippen LogP contribution in [0.2, 0.25) is 0 Å². The van der Waals surface area contributed by atoms with Crippen molar-refractivity contribution in [2.24, 2.45) is 11.7 Å². The monoisotopic (exact) mass is 276 g/mol. The van der Waals surface area contributed by atoms with Gasteiger partial charge in [-0.1, -0.05) is 43.2 Å². The van der Waals surface area contributed by atoms with E-state index in [0.717, 1.165) is 18.4 Å². The number of hydrogen-bond acceptors (Lipinski definition) is 3. The zero-order valence-corrected chi connectivity index (χ0v) is 11.5. The molecule has 0 aromatic heterocycles. The summed E-state index contributed by atoms with van der Waals surface area (Å²) in [5.74, 6) is -0.318. The topological polar surface area (TPSA) is 81.4 Å². The lowest BCUT2D eigenvalue weighted by atomic mass is 10.1. The highest BCUT2D eigenvalue weighted by atomic mass is 16.5. The van der Waals surface area contributed by atoms with Gasteiger partial charge in [-0.2, -0.15) is 0 Å². The van der Waals surface area contributed by atoms with Crippen LogP contribution in [0.15, 0.2) is 30.3 Å². The van der Waals surface area contributed by atoms with Crippen molar-refractivity contribution >= 4 is 11.8 Å². The average Bonchev–Trinajstić information content (AvgIpc) is 3.24. The third-order valence-corrected chi connectivity index (χ3v) is 3.50. The van der Waals surface area contributed by atoms with Gasteiger partial charge in [-0.3, -0.25) is 9.59 Å². The molecule has 3 N–H and O–H groups in total. The first-order valence-electron chi connectivity index (χ1n) is 6.79. The maximum atomic E-state index is 12.2. The molecular formula is C15H20N2O3. The van der Waals surface area contributed by atoms with Gasteiger partial charge in [0.2, 0.25) is 5.91 Å². The van der Waals surface area contributed by atoms with Crippen molar-refractivity contribution in [1.29, 1.82) is 0 Å². The second-order valence-corrected chi connectivity index (χ2v) is 5.17. The summed E-state index contributed by atoms with van der Waals surface area (Å²) in [5, 5.41) is 2.70. The number of primary amides is 1. The van der Waals surface area contributed by atoms with Crippen molar-refractivity contribution < 1.29 is 14.3 Å². The molecule has 0 heterocycles. The Balaban J connectivity index is 2.02. The Hall–Kier alpha value is -1.88. The van der Waals surface area contributed by atoms with Crippen molar-refractivity contribution in [1.82, 2.24) is 5.32 Å². The van der Waals surface area contributed by atoms with Crippen LogP contribution in [0, 0.1) is 5.92 Å². The molecule has 1 saturated carbocycles.